The molecule has 0 spiro atoms. The van der Waals surface area contributed by atoms with E-state index in [-0.39, 0.29) is 17.2 Å². The molecule has 2 aromatic rings. The quantitative estimate of drug-likeness (QED) is 0.816. The first-order valence-electron chi connectivity index (χ1n) is 7.75. The van der Waals surface area contributed by atoms with E-state index >= 15 is 0 Å². The highest BCUT2D eigenvalue weighted by Crippen LogP contribution is 2.36. The van der Waals surface area contributed by atoms with Crippen molar-refractivity contribution in [1.82, 2.24) is 5.32 Å². The molecule has 0 saturated heterocycles. The fourth-order valence-corrected chi connectivity index (χ4v) is 2.95. The summed E-state index contributed by atoms with van der Waals surface area (Å²) in [4.78, 5) is 11.9. The largest absolute Gasteiger partial charge is 0.412 e. The Morgan fingerprint density at radius 2 is 1.92 bits per heavy atom. The summed E-state index contributed by atoms with van der Waals surface area (Å²) < 4.78 is 54.1. The van der Waals surface area contributed by atoms with Crippen LogP contribution in [0.2, 0.25) is 0 Å². The smallest absolute Gasteiger partial charge is 0.370 e. The summed E-state index contributed by atoms with van der Waals surface area (Å²) in [6, 6.07) is 5.78. The Labute approximate surface area is 142 Å². The summed E-state index contributed by atoms with van der Waals surface area (Å²) in [7, 11) is 0. The van der Waals surface area contributed by atoms with Crippen LogP contribution in [0, 0.1) is 12.7 Å². The SMILES string of the molecule is Cc1cc(F)cc(C(Nc2ccc3c(c2)C(=O)NCC3)C(F)(F)F)c1. The van der Waals surface area contributed by atoms with Crippen LogP contribution < -0.4 is 10.6 Å². The van der Waals surface area contributed by atoms with Gasteiger partial charge in [-0.2, -0.15) is 13.2 Å². The Morgan fingerprint density at radius 3 is 2.60 bits per heavy atom. The van der Waals surface area contributed by atoms with Gasteiger partial charge in [0.2, 0.25) is 0 Å². The van der Waals surface area contributed by atoms with E-state index < -0.39 is 18.0 Å². The van der Waals surface area contributed by atoms with E-state index in [0.29, 0.717) is 24.1 Å². The minimum Gasteiger partial charge on any atom is -0.370 e. The van der Waals surface area contributed by atoms with Gasteiger partial charge < -0.3 is 10.6 Å². The average molecular weight is 352 g/mol. The van der Waals surface area contributed by atoms with Crippen LogP contribution in [-0.4, -0.2) is 18.6 Å². The van der Waals surface area contributed by atoms with E-state index in [9.17, 15) is 22.4 Å². The van der Waals surface area contributed by atoms with Gasteiger partial charge in [-0.15, -0.1) is 0 Å². The maximum atomic E-state index is 13.5. The summed E-state index contributed by atoms with van der Waals surface area (Å²) in [6.45, 7) is 2.04. The minimum atomic E-state index is -4.63. The van der Waals surface area contributed by atoms with E-state index in [0.717, 1.165) is 11.6 Å². The maximum Gasteiger partial charge on any atom is 0.412 e. The van der Waals surface area contributed by atoms with E-state index in [1.165, 1.54) is 31.2 Å². The molecule has 0 bridgehead atoms. The normalized spacial score (nSPS) is 15.3. The minimum absolute atomic E-state index is 0.153. The molecule has 0 aliphatic carbocycles. The van der Waals surface area contributed by atoms with Crippen LogP contribution in [-0.2, 0) is 6.42 Å². The van der Waals surface area contributed by atoms with Crippen molar-refractivity contribution in [3.8, 4) is 0 Å². The molecule has 0 aromatic heterocycles. The van der Waals surface area contributed by atoms with Crippen molar-refractivity contribution in [2.75, 3.05) is 11.9 Å². The number of carbonyl (C=O) groups excluding carboxylic acids is 1. The van der Waals surface area contributed by atoms with Crippen molar-refractivity contribution >= 4 is 11.6 Å². The lowest BCUT2D eigenvalue weighted by atomic mass is 9.98. The maximum absolute atomic E-state index is 13.5. The van der Waals surface area contributed by atoms with Crippen molar-refractivity contribution in [3.05, 3.63) is 64.5 Å². The summed E-state index contributed by atoms with van der Waals surface area (Å²) >= 11 is 0. The molecule has 0 fully saturated rings. The standard InChI is InChI=1S/C18H16F4N2O/c1-10-6-12(8-13(19)7-10)16(18(20,21)22)24-14-3-2-11-4-5-23-17(25)15(11)9-14/h2-3,6-9,16,24H,4-5H2,1H3,(H,23,25). The van der Waals surface area contributed by atoms with Crippen molar-refractivity contribution in [3.63, 3.8) is 0 Å². The molecule has 1 atom stereocenters. The Balaban J connectivity index is 1.96. The van der Waals surface area contributed by atoms with Crippen LogP contribution >= 0.6 is 0 Å². The van der Waals surface area contributed by atoms with Gasteiger partial charge in [0.1, 0.15) is 11.9 Å². The van der Waals surface area contributed by atoms with Gasteiger partial charge in [0, 0.05) is 17.8 Å². The monoisotopic (exact) mass is 352 g/mol. The van der Waals surface area contributed by atoms with Gasteiger partial charge in [-0.05, 0) is 54.3 Å². The molecule has 1 aliphatic rings. The molecule has 3 rings (SSSR count). The molecule has 2 N–H and O–H groups in total. The molecule has 1 heterocycles. The van der Waals surface area contributed by atoms with Crippen LogP contribution in [0.5, 0.6) is 0 Å². The zero-order valence-electron chi connectivity index (χ0n) is 13.4. The number of nitrogens with one attached hydrogen (secondary N) is 2. The van der Waals surface area contributed by atoms with E-state index in [1.54, 1.807) is 6.07 Å². The average Bonchev–Trinajstić information content (AvgIpc) is 2.51. The Morgan fingerprint density at radius 1 is 1.16 bits per heavy atom. The third-order valence-corrected chi connectivity index (χ3v) is 4.07. The van der Waals surface area contributed by atoms with Crippen molar-refractivity contribution in [2.24, 2.45) is 0 Å². The Hall–Kier alpha value is -2.57. The molecule has 1 unspecified atom stereocenters. The predicted octanol–water partition coefficient (Wildman–Crippen LogP) is 4.14. The van der Waals surface area contributed by atoms with Gasteiger partial charge in [0.25, 0.3) is 5.91 Å². The van der Waals surface area contributed by atoms with Gasteiger partial charge >= 0.3 is 6.18 Å². The van der Waals surface area contributed by atoms with Crippen LogP contribution in [0.4, 0.5) is 23.2 Å². The number of aryl methyl sites for hydroxylation is 1. The Kier molecular flexibility index (Phi) is 4.41. The highest BCUT2D eigenvalue weighted by atomic mass is 19.4. The summed E-state index contributed by atoms with van der Waals surface area (Å²) in [5, 5.41) is 5.05. The number of rotatable bonds is 3. The number of halogens is 4. The highest BCUT2D eigenvalue weighted by molar-refractivity contribution is 5.97. The van der Waals surface area contributed by atoms with E-state index in [1.807, 2.05) is 0 Å². The van der Waals surface area contributed by atoms with Crippen LogP contribution in [0.3, 0.4) is 0 Å². The van der Waals surface area contributed by atoms with Gasteiger partial charge in [-0.25, -0.2) is 4.39 Å². The number of carbonyl (C=O) groups is 1. The van der Waals surface area contributed by atoms with Crippen molar-refractivity contribution < 1.29 is 22.4 Å². The van der Waals surface area contributed by atoms with Crippen LogP contribution in [0.15, 0.2) is 36.4 Å². The first kappa shape index (κ1) is 17.3. The Bertz CT molecular complexity index is 797. The second-order valence-corrected chi connectivity index (χ2v) is 6.06. The van der Waals surface area contributed by atoms with Crippen LogP contribution in [0.25, 0.3) is 0 Å². The summed E-state index contributed by atoms with van der Waals surface area (Å²) in [5.41, 5.74) is 1.48. The molecule has 1 aliphatic heterocycles. The second kappa shape index (κ2) is 6.38. The van der Waals surface area contributed by atoms with Gasteiger partial charge in [-0.3, -0.25) is 4.79 Å². The second-order valence-electron chi connectivity index (χ2n) is 6.06. The lowest BCUT2D eigenvalue weighted by Gasteiger charge is -2.25. The first-order valence-corrected chi connectivity index (χ1v) is 7.75. The van der Waals surface area contributed by atoms with Crippen LogP contribution in [0.1, 0.15) is 33.1 Å². The third kappa shape index (κ3) is 3.75. The fraction of sp³-hybridized carbons (Fsp3) is 0.278. The molecular formula is C18H16F4N2O. The number of alkyl halides is 3. The number of amides is 1. The molecule has 0 saturated carbocycles. The molecule has 3 nitrogen and oxygen atoms in total. The highest BCUT2D eigenvalue weighted by Gasteiger charge is 2.41. The van der Waals surface area contributed by atoms with Gasteiger partial charge in [0.05, 0.1) is 0 Å². The number of anilines is 1. The summed E-state index contributed by atoms with van der Waals surface area (Å²) in [6.07, 6.45) is -3.99. The van der Waals surface area contributed by atoms with E-state index in [2.05, 4.69) is 10.6 Å². The van der Waals surface area contributed by atoms with Gasteiger partial charge in [0.15, 0.2) is 0 Å². The predicted molar refractivity (Wildman–Crippen MR) is 86.0 cm³/mol. The van der Waals surface area contributed by atoms with Gasteiger partial charge in [-0.1, -0.05) is 12.1 Å². The molecule has 0 radical (unpaired) electrons. The zero-order chi connectivity index (χ0) is 18.2. The molecule has 2 aromatic carbocycles. The molecular weight excluding hydrogens is 336 g/mol. The zero-order valence-corrected chi connectivity index (χ0v) is 13.4. The topological polar surface area (TPSA) is 41.1 Å². The number of fused-ring (bicyclic) bond motifs is 1. The number of hydrogen-bond acceptors (Lipinski definition) is 2. The van der Waals surface area contributed by atoms with Crippen molar-refractivity contribution in [2.45, 2.75) is 25.6 Å². The lowest BCUT2D eigenvalue weighted by molar-refractivity contribution is -0.144. The van der Waals surface area contributed by atoms with E-state index in [4.69, 9.17) is 0 Å². The number of hydrogen-bond donors (Lipinski definition) is 2. The third-order valence-electron chi connectivity index (χ3n) is 4.07. The molecule has 25 heavy (non-hydrogen) atoms. The summed E-state index contributed by atoms with van der Waals surface area (Å²) in [5.74, 6) is -1.04. The molecule has 1 amide bonds. The molecule has 7 heteroatoms. The first-order chi connectivity index (χ1) is 11.7. The van der Waals surface area contributed by atoms with Crippen molar-refractivity contribution in [1.29, 1.82) is 0 Å². The fourth-order valence-electron chi connectivity index (χ4n) is 2.95. The molecule has 132 valence electrons. The number of benzene rings is 2. The lowest BCUT2D eigenvalue weighted by Crippen LogP contribution is -2.32.